The predicted octanol–water partition coefficient (Wildman–Crippen LogP) is 5.35. The molecule has 30 heavy (non-hydrogen) atoms. The zero-order chi connectivity index (χ0) is 22.5. The van der Waals surface area contributed by atoms with Gasteiger partial charge in [0, 0.05) is 23.6 Å². The van der Waals surface area contributed by atoms with Crippen LogP contribution < -0.4 is 10.1 Å². The number of halogens is 3. The van der Waals surface area contributed by atoms with E-state index in [9.17, 15) is 22.8 Å². The van der Waals surface area contributed by atoms with Gasteiger partial charge < -0.3 is 10.1 Å². The number of hydrogen-bond acceptors (Lipinski definition) is 4. The van der Waals surface area contributed by atoms with E-state index < -0.39 is 11.7 Å². The van der Waals surface area contributed by atoms with Crippen LogP contribution in [-0.4, -0.2) is 23.3 Å². The van der Waals surface area contributed by atoms with Crippen molar-refractivity contribution in [3.8, 4) is 5.75 Å². The predicted molar refractivity (Wildman–Crippen MR) is 108 cm³/mol. The number of nitrogens with zero attached hydrogens (tertiary/aromatic N) is 1. The number of pyridine rings is 1. The first-order chi connectivity index (χ1) is 14.0. The van der Waals surface area contributed by atoms with Crippen LogP contribution in [0.1, 0.15) is 53.9 Å². The standard InChI is InChI=1S/C22H25F3N2O3/c1-13(2)21(29)27-20-12-16(11-15(4)26-20)18(28)6-5-9-30-19-8-7-17(10-14(19)3)22(23,24)25/h7-8,10-13H,5-6,9H2,1-4H3,(H,26,27,29). The van der Waals surface area contributed by atoms with E-state index in [2.05, 4.69) is 10.3 Å². The third-order valence-electron chi connectivity index (χ3n) is 4.36. The summed E-state index contributed by atoms with van der Waals surface area (Å²) in [6.45, 7) is 6.99. The van der Waals surface area contributed by atoms with Gasteiger partial charge in [-0.3, -0.25) is 9.59 Å². The first kappa shape index (κ1) is 23.4. The number of rotatable bonds is 8. The Morgan fingerprint density at radius 2 is 1.83 bits per heavy atom. The fourth-order valence-corrected chi connectivity index (χ4v) is 2.71. The van der Waals surface area contributed by atoms with Gasteiger partial charge >= 0.3 is 6.18 Å². The molecule has 5 nitrogen and oxygen atoms in total. The summed E-state index contributed by atoms with van der Waals surface area (Å²) in [4.78, 5) is 28.5. The van der Waals surface area contributed by atoms with Gasteiger partial charge in [-0.15, -0.1) is 0 Å². The Bertz CT molecular complexity index is 924. The lowest BCUT2D eigenvalue weighted by Crippen LogP contribution is -2.19. The lowest BCUT2D eigenvalue weighted by molar-refractivity contribution is -0.137. The molecular weight excluding hydrogens is 397 g/mol. The van der Waals surface area contributed by atoms with E-state index in [1.807, 2.05) is 0 Å². The van der Waals surface area contributed by atoms with Crippen LogP contribution in [0.2, 0.25) is 0 Å². The summed E-state index contributed by atoms with van der Waals surface area (Å²) in [5.74, 6) is 0.153. The van der Waals surface area contributed by atoms with Crippen molar-refractivity contribution in [1.82, 2.24) is 4.98 Å². The molecule has 1 amide bonds. The van der Waals surface area contributed by atoms with E-state index >= 15 is 0 Å². The van der Waals surface area contributed by atoms with E-state index in [4.69, 9.17) is 4.74 Å². The molecule has 0 saturated heterocycles. The fourth-order valence-electron chi connectivity index (χ4n) is 2.71. The molecule has 0 aliphatic rings. The minimum atomic E-state index is -4.40. The maximum atomic E-state index is 12.7. The number of amides is 1. The van der Waals surface area contributed by atoms with Crippen LogP contribution in [0.3, 0.4) is 0 Å². The summed E-state index contributed by atoms with van der Waals surface area (Å²) in [5.41, 5.74) is 0.700. The Hall–Kier alpha value is -2.90. The van der Waals surface area contributed by atoms with E-state index in [0.29, 0.717) is 34.8 Å². The Morgan fingerprint density at radius 3 is 2.43 bits per heavy atom. The lowest BCUT2D eigenvalue weighted by atomic mass is 10.1. The third kappa shape index (κ3) is 6.57. The summed E-state index contributed by atoms with van der Waals surface area (Å²) >= 11 is 0. The van der Waals surface area contributed by atoms with Crippen LogP contribution in [0.15, 0.2) is 30.3 Å². The summed E-state index contributed by atoms with van der Waals surface area (Å²) in [6, 6.07) is 6.48. The van der Waals surface area contributed by atoms with Gasteiger partial charge in [0.15, 0.2) is 5.78 Å². The highest BCUT2D eigenvalue weighted by Crippen LogP contribution is 2.32. The van der Waals surface area contributed by atoms with Gasteiger partial charge in [0.1, 0.15) is 11.6 Å². The van der Waals surface area contributed by atoms with Crippen molar-refractivity contribution in [3.05, 3.63) is 52.7 Å². The smallest absolute Gasteiger partial charge is 0.416 e. The number of carbonyl (C=O) groups excluding carboxylic acids is 2. The quantitative estimate of drug-likeness (QED) is 0.460. The molecule has 8 heteroatoms. The van der Waals surface area contributed by atoms with Crippen LogP contribution in [0.25, 0.3) is 0 Å². The number of nitrogens with one attached hydrogen (secondary N) is 1. The first-order valence-electron chi connectivity index (χ1n) is 9.60. The van der Waals surface area contributed by atoms with Gasteiger partial charge in [-0.2, -0.15) is 13.2 Å². The SMILES string of the molecule is Cc1cc(C(=O)CCCOc2ccc(C(F)(F)F)cc2C)cc(NC(=O)C(C)C)n1. The normalized spacial score (nSPS) is 11.5. The largest absolute Gasteiger partial charge is 0.493 e. The van der Waals surface area contributed by atoms with Gasteiger partial charge in [0.05, 0.1) is 12.2 Å². The molecule has 2 rings (SSSR count). The maximum absolute atomic E-state index is 12.7. The zero-order valence-corrected chi connectivity index (χ0v) is 17.4. The number of aryl methyl sites for hydroxylation is 2. The molecule has 0 radical (unpaired) electrons. The number of hydrogen-bond donors (Lipinski definition) is 1. The van der Waals surface area contributed by atoms with Gasteiger partial charge in [0.2, 0.25) is 5.91 Å². The molecule has 1 heterocycles. The van der Waals surface area contributed by atoms with E-state index in [0.717, 1.165) is 12.1 Å². The lowest BCUT2D eigenvalue weighted by Gasteiger charge is -2.12. The second kappa shape index (κ2) is 9.73. The van der Waals surface area contributed by atoms with Gasteiger partial charge in [-0.1, -0.05) is 13.8 Å². The van der Waals surface area contributed by atoms with Gasteiger partial charge in [0.25, 0.3) is 0 Å². The molecule has 0 spiro atoms. The summed E-state index contributed by atoms with van der Waals surface area (Å²) in [7, 11) is 0. The topological polar surface area (TPSA) is 68.3 Å². The highest BCUT2D eigenvalue weighted by Gasteiger charge is 2.30. The second-order valence-electron chi connectivity index (χ2n) is 7.38. The number of carbonyl (C=O) groups is 2. The molecule has 0 saturated carbocycles. The van der Waals surface area contributed by atoms with Crippen molar-refractivity contribution in [1.29, 1.82) is 0 Å². The molecule has 162 valence electrons. The molecular formula is C22H25F3N2O3. The van der Waals surface area contributed by atoms with Crippen molar-refractivity contribution < 1.29 is 27.5 Å². The van der Waals surface area contributed by atoms with Crippen LogP contribution >= 0.6 is 0 Å². The van der Waals surface area contributed by atoms with Crippen LogP contribution in [-0.2, 0) is 11.0 Å². The second-order valence-corrected chi connectivity index (χ2v) is 7.38. The van der Waals surface area contributed by atoms with Crippen LogP contribution in [0, 0.1) is 19.8 Å². The number of Topliss-reactive ketones (excluding diaryl/α,β-unsaturated/α-hetero) is 1. The van der Waals surface area contributed by atoms with Gasteiger partial charge in [-0.25, -0.2) is 4.98 Å². The van der Waals surface area contributed by atoms with Crippen molar-refractivity contribution in [2.75, 3.05) is 11.9 Å². The highest BCUT2D eigenvalue weighted by atomic mass is 19.4. The summed E-state index contributed by atoms with van der Waals surface area (Å²) in [5, 5.41) is 2.68. The molecule has 0 atom stereocenters. The first-order valence-corrected chi connectivity index (χ1v) is 9.60. The number of ether oxygens (including phenoxy) is 1. The molecule has 0 aliphatic heterocycles. The van der Waals surface area contributed by atoms with Crippen molar-refractivity contribution in [2.45, 2.75) is 46.7 Å². The Labute approximate surface area is 173 Å². The van der Waals surface area contributed by atoms with Crippen molar-refractivity contribution in [2.24, 2.45) is 5.92 Å². The Balaban J connectivity index is 1.92. The van der Waals surface area contributed by atoms with Crippen LogP contribution in [0.5, 0.6) is 5.75 Å². The Kier molecular flexibility index (Phi) is 7.59. The van der Waals surface area contributed by atoms with Crippen LogP contribution in [0.4, 0.5) is 19.0 Å². The monoisotopic (exact) mass is 422 g/mol. The zero-order valence-electron chi connectivity index (χ0n) is 17.4. The maximum Gasteiger partial charge on any atom is 0.416 e. The summed E-state index contributed by atoms with van der Waals surface area (Å²) < 4.78 is 43.7. The highest BCUT2D eigenvalue weighted by molar-refractivity contribution is 5.98. The minimum absolute atomic E-state index is 0.131. The third-order valence-corrected chi connectivity index (χ3v) is 4.36. The molecule has 1 aromatic heterocycles. The minimum Gasteiger partial charge on any atom is -0.493 e. The molecule has 0 bridgehead atoms. The summed E-state index contributed by atoms with van der Waals surface area (Å²) in [6.07, 6.45) is -3.80. The number of ketones is 1. The van der Waals surface area contributed by atoms with E-state index in [-0.39, 0.29) is 30.6 Å². The molecule has 1 aromatic carbocycles. The van der Waals surface area contributed by atoms with Crippen molar-refractivity contribution in [3.63, 3.8) is 0 Å². The van der Waals surface area contributed by atoms with E-state index in [1.165, 1.54) is 12.1 Å². The molecule has 2 aromatic rings. The van der Waals surface area contributed by atoms with Crippen molar-refractivity contribution >= 4 is 17.5 Å². The molecule has 1 N–H and O–H groups in total. The average Bonchev–Trinajstić information content (AvgIpc) is 2.64. The number of alkyl halides is 3. The Morgan fingerprint density at radius 1 is 1.13 bits per heavy atom. The fraction of sp³-hybridized carbons (Fsp3) is 0.409. The van der Waals surface area contributed by atoms with E-state index in [1.54, 1.807) is 33.8 Å². The molecule has 0 aliphatic carbocycles. The number of aromatic nitrogens is 1. The number of anilines is 1. The molecule has 0 fully saturated rings. The molecule has 0 unspecified atom stereocenters. The number of benzene rings is 1. The average molecular weight is 422 g/mol. The van der Waals surface area contributed by atoms with Gasteiger partial charge in [-0.05, 0) is 56.2 Å².